The zero-order valence-electron chi connectivity index (χ0n) is 11.3. The van der Waals surface area contributed by atoms with Gasteiger partial charge in [-0.15, -0.1) is 11.3 Å². The van der Waals surface area contributed by atoms with Gasteiger partial charge in [-0.1, -0.05) is 27.7 Å². The number of rotatable bonds is 2. The lowest BCUT2D eigenvalue weighted by atomic mass is 9.91. The molecule has 1 N–H and O–H groups in total. The molecule has 4 heteroatoms. The van der Waals surface area contributed by atoms with Gasteiger partial charge in [-0.3, -0.25) is 0 Å². The van der Waals surface area contributed by atoms with Crippen LogP contribution in [0.1, 0.15) is 44.8 Å². The number of hydrogen-bond acceptors (Lipinski definition) is 4. The molecule has 2 atom stereocenters. The largest absolute Gasteiger partial charge is 0.308 e. The zero-order valence-corrected chi connectivity index (χ0v) is 13.0. The highest BCUT2D eigenvalue weighted by atomic mass is 32.2. The molecule has 0 bridgehead atoms. The molecule has 17 heavy (non-hydrogen) atoms. The summed E-state index contributed by atoms with van der Waals surface area (Å²) in [5, 5.41) is 7.63. The first-order valence-electron chi connectivity index (χ1n) is 6.17. The molecular weight excluding hydrogens is 248 g/mol. The molecule has 1 saturated heterocycles. The van der Waals surface area contributed by atoms with Gasteiger partial charge in [-0.2, -0.15) is 11.8 Å². The Morgan fingerprint density at radius 3 is 2.59 bits per heavy atom. The number of nitrogens with zero attached hydrogens (tertiary/aromatic N) is 1. The molecule has 0 amide bonds. The summed E-state index contributed by atoms with van der Waals surface area (Å²) in [5.41, 5.74) is 1.47. The molecule has 0 radical (unpaired) electrons. The van der Waals surface area contributed by atoms with Crippen LogP contribution in [0.3, 0.4) is 0 Å². The van der Waals surface area contributed by atoms with E-state index < -0.39 is 0 Å². The van der Waals surface area contributed by atoms with Gasteiger partial charge < -0.3 is 5.32 Å². The van der Waals surface area contributed by atoms with Gasteiger partial charge in [0.05, 0.1) is 11.2 Å². The molecular formula is C13H22N2S2. The highest BCUT2D eigenvalue weighted by Crippen LogP contribution is 2.44. The van der Waals surface area contributed by atoms with Gasteiger partial charge in [0, 0.05) is 16.0 Å². The third kappa shape index (κ3) is 2.27. The van der Waals surface area contributed by atoms with E-state index in [1.807, 2.05) is 23.1 Å². The molecule has 0 aromatic carbocycles. The maximum atomic E-state index is 4.90. The Labute approximate surface area is 113 Å². The minimum Gasteiger partial charge on any atom is -0.308 e. The van der Waals surface area contributed by atoms with Crippen LogP contribution in [0.25, 0.3) is 0 Å². The molecule has 1 aliphatic rings. The molecule has 0 saturated carbocycles. The van der Waals surface area contributed by atoms with Crippen LogP contribution in [0.5, 0.6) is 0 Å². The van der Waals surface area contributed by atoms with Crippen molar-refractivity contribution in [3.63, 3.8) is 0 Å². The van der Waals surface area contributed by atoms with Crippen LogP contribution in [0.15, 0.2) is 5.38 Å². The average Bonchev–Trinajstić information content (AvgIpc) is 2.83. The van der Waals surface area contributed by atoms with Crippen molar-refractivity contribution in [3.05, 3.63) is 16.1 Å². The molecule has 1 aromatic heterocycles. The predicted molar refractivity (Wildman–Crippen MR) is 78.1 cm³/mol. The Bertz CT molecular complexity index is 394. The van der Waals surface area contributed by atoms with Crippen molar-refractivity contribution >= 4 is 23.1 Å². The first-order valence-corrected chi connectivity index (χ1v) is 8.10. The molecule has 1 aromatic rings. The van der Waals surface area contributed by atoms with E-state index in [-0.39, 0.29) is 11.0 Å². The summed E-state index contributed by atoms with van der Waals surface area (Å²) in [4.78, 5) is 4.90. The van der Waals surface area contributed by atoms with Crippen molar-refractivity contribution in [3.8, 4) is 0 Å². The van der Waals surface area contributed by atoms with E-state index in [9.17, 15) is 0 Å². The van der Waals surface area contributed by atoms with Gasteiger partial charge in [0.1, 0.15) is 5.01 Å². The molecule has 2 heterocycles. The molecule has 96 valence electrons. The minimum atomic E-state index is 0.0961. The minimum absolute atomic E-state index is 0.0961. The van der Waals surface area contributed by atoms with Crippen LogP contribution < -0.4 is 5.32 Å². The van der Waals surface area contributed by atoms with E-state index in [1.54, 1.807) is 0 Å². The fourth-order valence-corrected chi connectivity index (χ4v) is 5.15. The number of thiazole rings is 1. The number of nitrogens with one attached hydrogen (secondary N) is 1. The third-order valence-electron chi connectivity index (χ3n) is 3.66. The van der Waals surface area contributed by atoms with E-state index in [0.717, 1.165) is 0 Å². The average molecular weight is 270 g/mol. The van der Waals surface area contributed by atoms with E-state index >= 15 is 0 Å². The lowest BCUT2D eigenvalue weighted by Crippen LogP contribution is -2.44. The summed E-state index contributed by atoms with van der Waals surface area (Å²) in [6.45, 7) is 8.99. The second-order valence-corrected chi connectivity index (χ2v) is 8.08. The molecule has 2 unspecified atom stereocenters. The molecule has 2 nitrogen and oxygen atoms in total. The Kier molecular flexibility index (Phi) is 3.59. The number of hydrogen-bond donors (Lipinski definition) is 1. The normalized spacial score (nSPS) is 29.8. The van der Waals surface area contributed by atoms with Gasteiger partial charge in [0.15, 0.2) is 0 Å². The van der Waals surface area contributed by atoms with Crippen molar-refractivity contribution in [2.24, 2.45) is 0 Å². The van der Waals surface area contributed by atoms with Crippen LogP contribution in [-0.2, 0) is 11.0 Å². The van der Waals surface area contributed by atoms with E-state index in [1.165, 1.54) is 22.9 Å². The Hall–Kier alpha value is -0.0600. The topological polar surface area (TPSA) is 24.9 Å². The highest BCUT2D eigenvalue weighted by molar-refractivity contribution is 8.00. The number of thioether (sulfide) groups is 1. The summed E-state index contributed by atoms with van der Waals surface area (Å²) in [6, 6.07) is 0. The second kappa shape index (κ2) is 4.56. The Balaban J connectivity index is 2.36. The third-order valence-corrected chi connectivity index (χ3v) is 6.02. The maximum Gasteiger partial charge on any atom is 0.114 e. The maximum absolute atomic E-state index is 4.90. The summed E-state index contributed by atoms with van der Waals surface area (Å²) < 4.78 is 0. The van der Waals surface area contributed by atoms with E-state index in [2.05, 4.69) is 45.4 Å². The quantitative estimate of drug-likeness (QED) is 0.892. The van der Waals surface area contributed by atoms with E-state index in [0.29, 0.717) is 5.25 Å². The van der Waals surface area contributed by atoms with Crippen molar-refractivity contribution in [1.82, 2.24) is 10.3 Å². The molecule has 1 fully saturated rings. The van der Waals surface area contributed by atoms with Crippen LogP contribution in [0, 0.1) is 0 Å². The van der Waals surface area contributed by atoms with Gasteiger partial charge in [-0.05, 0) is 19.2 Å². The summed E-state index contributed by atoms with van der Waals surface area (Å²) in [7, 11) is 2.07. The Morgan fingerprint density at radius 2 is 2.18 bits per heavy atom. The SMILES string of the molecule is CNC1(c2nc(C(C)(C)C)cs2)CCSC1C. The zero-order chi connectivity index (χ0) is 12.7. The lowest BCUT2D eigenvalue weighted by molar-refractivity contribution is 0.360. The van der Waals surface area contributed by atoms with Crippen LogP contribution in [0.2, 0.25) is 0 Å². The monoisotopic (exact) mass is 270 g/mol. The van der Waals surface area contributed by atoms with Gasteiger partial charge in [0.25, 0.3) is 0 Å². The van der Waals surface area contributed by atoms with Gasteiger partial charge >= 0.3 is 0 Å². The summed E-state index contributed by atoms with van der Waals surface area (Å²) >= 11 is 3.86. The van der Waals surface area contributed by atoms with Crippen molar-refractivity contribution in [2.45, 2.75) is 50.3 Å². The van der Waals surface area contributed by atoms with Crippen LogP contribution in [-0.4, -0.2) is 23.0 Å². The molecule has 0 spiro atoms. The van der Waals surface area contributed by atoms with Gasteiger partial charge in [0.2, 0.25) is 0 Å². The highest BCUT2D eigenvalue weighted by Gasteiger charge is 2.43. The first kappa shape index (κ1) is 13.4. The molecule has 0 aliphatic carbocycles. The van der Waals surface area contributed by atoms with Crippen molar-refractivity contribution in [2.75, 3.05) is 12.8 Å². The standard InChI is InChI=1S/C13H22N2S2/c1-9-13(14-5,6-7-16-9)11-15-10(8-17-11)12(2,3)4/h8-9,14H,6-7H2,1-5H3. The van der Waals surface area contributed by atoms with Crippen LogP contribution in [0.4, 0.5) is 0 Å². The van der Waals surface area contributed by atoms with Crippen LogP contribution >= 0.6 is 23.1 Å². The van der Waals surface area contributed by atoms with Crippen molar-refractivity contribution < 1.29 is 0 Å². The molecule has 2 rings (SSSR count). The summed E-state index contributed by atoms with van der Waals surface area (Å²) in [6.07, 6.45) is 1.19. The fourth-order valence-electron chi connectivity index (χ4n) is 2.28. The summed E-state index contributed by atoms with van der Waals surface area (Å²) in [5.74, 6) is 1.23. The Morgan fingerprint density at radius 1 is 1.47 bits per heavy atom. The smallest absolute Gasteiger partial charge is 0.114 e. The van der Waals surface area contributed by atoms with E-state index in [4.69, 9.17) is 4.98 Å². The fraction of sp³-hybridized carbons (Fsp3) is 0.769. The van der Waals surface area contributed by atoms with Crippen molar-refractivity contribution in [1.29, 1.82) is 0 Å². The lowest BCUT2D eigenvalue weighted by Gasteiger charge is -2.30. The molecule has 1 aliphatic heterocycles. The number of aromatic nitrogens is 1. The van der Waals surface area contributed by atoms with Gasteiger partial charge in [-0.25, -0.2) is 4.98 Å². The first-order chi connectivity index (χ1) is 7.90. The predicted octanol–water partition coefficient (Wildman–Crippen LogP) is 3.38. The second-order valence-electron chi connectivity index (χ2n) is 5.77.